The average molecular weight is 741 g/mol. The van der Waals surface area contributed by atoms with Crippen LogP contribution in [0.5, 0.6) is 0 Å². The molecule has 0 aliphatic carbocycles. The minimum absolute atomic E-state index is 0.0226. The highest BCUT2D eigenvalue weighted by Gasteiger charge is 2.52. The first-order chi connectivity index (χ1) is 25.9. The minimum atomic E-state index is -1.62. The van der Waals surface area contributed by atoms with Crippen LogP contribution < -0.4 is 19.6 Å². The molecule has 0 fully saturated rings. The number of anilines is 8. The van der Waals surface area contributed by atoms with Crippen LogP contribution in [-0.2, 0) is 0 Å². The smallest absolute Gasteiger partial charge is 0.217 e. The molecule has 2 aliphatic heterocycles. The zero-order chi connectivity index (χ0) is 38.0. The quantitative estimate of drug-likeness (QED) is 0.127. The van der Waals surface area contributed by atoms with Crippen LogP contribution in [0.15, 0.2) is 84.9 Å². The Kier molecular flexibility index (Phi) is 7.95. The van der Waals surface area contributed by atoms with Crippen molar-refractivity contribution in [1.82, 2.24) is 19.9 Å². The van der Waals surface area contributed by atoms with Gasteiger partial charge in [-0.05, 0) is 36.4 Å². The summed E-state index contributed by atoms with van der Waals surface area (Å²) in [7, 11) is 0. The largest absolute Gasteiger partial charge is 0.314 e. The van der Waals surface area contributed by atoms with Crippen molar-refractivity contribution in [3.05, 3.63) is 144 Å². The summed E-state index contributed by atoms with van der Waals surface area (Å²) in [5, 5.41) is 19.8. The first kappa shape index (κ1) is 33.8. The van der Waals surface area contributed by atoms with E-state index in [2.05, 4.69) is 19.9 Å². The topological polar surface area (TPSA) is 112 Å². The fourth-order valence-corrected chi connectivity index (χ4v) is 6.85. The van der Waals surface area contributed by atoms with Crippen LogP contribution in [0.4, 0.5) is 80.6 Å². The Balaban J connectivity index is 1.52. The van der Waals surface area contributed by atoms with E-state index in [9.17, 15) is 28.1 Å². The standard InChI is InChI=1S/C36H16F8N10/c37-27-7-19(8-28(38)47-27)51-23-3-1-17(15-45)5-25(23)53(21-11-31(41)49-32(42)12-21)35(51)36-52(20-9-29(39)48-30(40)10-20)24-4-2-18(16-46)6-26(24)54(36)22-13-33(43)50-34(44)14-22/h1-14,35-36H. The second-order valence-electron chi connectivity index (χ2n) is 11.8. The maximum Gasteiger partial charge on any atom is 0.217 e. The number of nitriles is 2. The highest BCUT2D eigenvalue weighted by molar-refractivity contribution is 5.94. The van der Waals surface area contributed by atoms with Gasteiger partial charge in [0.25, 0.3) is 0 Å². The molecule has 54 heavy (non-hydrogen) atoms. The van der Waals surface area contributed by atoms with Gasteiger partial charge in [-0.1, -0.05) is 0 Å². The molecule has 266 valence electrons. The molecule has 10 nitrogen and oxygen atoms in total. The summed E-state index contributed by atoms with van der Waals surface area (Å²) in [5.41, 5.74) is -0.839. The van der Waals surface area contributed by atoms with Gasteiger partial charge in [-0.2, -0.15) is 65.6 Å². The number of fused-ring (bicyclic) bond motifs is 2. The second kappa shape index (κ2) is 12.7. The van der Waals surface area contributed by atoms with Crippen molar-refractivity contribution in [2.24, 2.45) is 0 Å². The number of aromatic nitrogens is 4. The summed E-state index contributed by atoms with van der Waals surface area (Å²) in [6, 6.07) is 18.6. The molecule has 0 saturated heterocycles. The Bertz CT molecular complexity index is 2350. The summed E-state index contributed by atoms with van der Waals surface area (Å²) in [5.74, 6) is -10.4. The molecular formula is C36H16F8N10. The Hall–Kier alpha value is -7.34. The SMILES string of the molecule is N#Cc1ccc2c(c1)N(c1cc(F)nc(F)c1)C(C1N(c3cc(F)nc(F)c3)c3ccc(C#N)cc3N1c1cc(F)nc(F)c1)N2c1cc(F)nc(F)c1. The Morgan fingerprint density at radius 1 is 0.370 bits per heavy atom. The van der Waals surface area contributed by atoms with E-state index in [0.717, 1.165) is 48.5 Å². The Morgan fingerprint density at radius 2 is 0.611 bits per heavy atom. The van der Waals surface area contributed by atoms with Crippen LogP contribution in [0.1, 0.15) is 11.1 Å². The molecule has 0 spiro atoms. The molecule has 18 heteroatoms. The zero-order valence-corrected chi connectivity index (χ0v) is 26.7. The number of rotatable bonds is 5. The van der Waals surface area contributed by atoms with Crippen LogP contribution in [0.2, 0.25) is 0 Å². The molecular weight excluding hydrogens is 724 g/mol. The van der Waals surface area contributed by atoms with Crippen LogP contribution in [0, 0.1) is 70.2 Å². The third-order valence-corrected chi connectivity index (χ3v) is 8.68. The van der Waals surface area contributed by atoms with Crippen molar-refractivity contribution in [2.75, 3.05) is 19.6 Å². The molecule has 6 aromatic rings. The van der Waals surface area contributed by atoms with E-state index in [1.165, 1.54) is 56.0 Å². The zero-order valence-electron chi connectivity index (χ0n) is 26.7. The maximum atomic E-state index is 15.0. The monoisotopic (exact) mass is 740 g/mol. The van der Waals surface area contributed by atoms with E-state index >= 15 is 17.6 Å². The van der Waals surface area contributed by atoms with Gasteiger partial charge in [0.2, 0.25) is 47.6 Å². The molecule has 2 aliphatic rings. The van der Waals surface area contributed by atoms with E-state index in [1.54, 1.807) is 0 Å². The first-order valence-corrected chi connectivity index (χ1v) is 15.5. The number of nitrogens with zero attached hydrogens (tertiary/aromatic N) is 10. The van der Waals surface area contributed by atoms with Crippen molar-refractivity contribution >= 4 is 45.5 Å². The molecule has 0 bridgehead atoms. The molecule has 2 unspecified atom stereocenters. The first-order valence-electron chi connectivity index (χ1n) is 15.5. The number of halogens is 8. The third kappa shape index (κ3) is 5.66. The van der Waals surface area contributed by atoms with Gasteiger partial charge >= 0.3 is 0 Å². The van der Waals surface area contributed by atoms with E-state index < -0.39 is 59.9 Å². The van der Waals surface area contributed by atoms with Crippen molar-refractivity contribution < 1.29 is 35.1 Å². The number of pyridine rings is 4. The predicted octanol–water partition coefficient (Wildman–Crippen LogP) is 8.05. The van der Waals surface area contributed by atoms with Gasteiger partial charge in [0, 0.05) is 48.5 Å². The lowest BCUT2D eigenvalue weighted by atomic mass is 10.1. The second-order valence-corrected chi connectivity index (χ2v) is 11.8. The van der Waals surface area contributed by atoms with E-state index in [0.29, 0.717) is 0 Å². The van der Waals surface area contributed by atoms with Gasteiger partial charge in [0.05, 0.1) is 68.8 Å². The van der Waals surface area contributed by atoms with Gasteiger partial charge < -0.3 is 19.6 Å². The molecule has 4 aromatic heterocycles. The lowest BCUT2D eigenvalue weighted by Crippen LogP contribution is -2.58. The van der Waals surface area contributed by atoms with Gasteiger partial charge in [0.15, 0.2) is 12.3 Å². The van der Waals surface area contributed by atoms with Crippen LogP contribution in [-0.4, -0.2) is 32.3 Å². The van der Waals surface area contributed by atoms with E-state index in [1.807, 2.05) is 12.1 Å². The molecule has 2 atom stereocenters. The van der Waals surface area contributed by atoms with Gasteiger partial charge in [0.1, 0.15) is 0 Å². The summed E-state index contributed by atoms with van der Waals surface area (Å²) < 4.78 is 120. The third-order valence-electron chi connectivity index (χ3n) is 8.68. The molecule has 0 saturated carbocycles. The van der Waals surface area contributed by atoms with Gasteiger partial charge in [-0.15, -0.1) is 0 Å². The minimum Gasteiger partial charge on any atom is -0.314 e. The molecule has 0 N–H and O–H groups in total. The molecule has 2 aromatic carbocycles. The van der Waals surface area contributed by atoms with E-state index in [-0.39, 0.29) is 56.6 Å². The lowest BCUT2D eigenvalue weighted by Gasteiger charge is -2.44. The fourth-order valence-electron chi connectivity index (χ4n) is 6.85. The van der Waals surface area contributed by atoms with Crippen molar-refractivity contribution in [1.29, 1.82) is 10.5 Å². The van der Waals surface area contributed by atoms with Crippen molar-refractivity contribution in [3.8, 4) is 12.1 Å². The maximum absolute atomic E-state index is 15.0. The molecule has 6 heterocycles. The average Bonchev–Trinajstić information content (AvgIpc) is 3.62. The van der Waals surface area contributed by atoms with Crippen molar-refractivity contribution in [2.45, 2.75) is 12.3 Å². The Labute approximate surface area is 298 Å². The van der Waals surface area contributed by atoms with Crippen LogP contribution >= 0.6 is 0 Å². The van der Waals surface area contributed by atoms with Gasteiger partial charge in [-0.25, -0.2) is 0 Å². The Morgan fingerprint density at radius 3 is 0.852 bits per heavy atom. The molecule has 0 radical (unpaired) electrons. The molecule has 8 rings (SSSR count). The highest BCUT2D eigenvalue weighted by Crippen LogP contribution is 2.56. The fraction of sp³-hybridized carbons (Fsp3) is 0.0556. The summed E-state index contributed by atoms with van der Waals surface area (Å²) >= 11 is 0. The van der Waals surface area contributed by atoms with Crippen LogP contribution in [0.3, 0.4) is 0 Å². The van der Waals surface area contributed by atoms with Gasteiger partial charge in [-0.3, -0.25) is 0 Å². The summed E-state index contributed by atoms with van der Waals surface area (Å²) in [6.07, 6.45) is -3.24. The predicted molar refractivity (Wildman–Crippen MR) is 175 cm³/mol. The van der Waals surface area contributed by atoms with E-state index in [4.69, 9.17) is 0 Å². The molecule has 0 amide bonds. The number of hydrogen-bond donors (Lipinski definition) is 0. The summed E-state index contributed by atoms with van der Waals surface area (Å²) in [6.45, 7) is 0. The lowest BCUT2D eigenvalue weighted by molar-refractivity contribution is 0.496. The van der Waals surface area contributed by atoms with Crippen molar-refractivity contribution in [3.63, 3.8) is 0 Å². The normalized spacial score (nSPS) is 16.0. The number of hydrogen-bond acceptors (Lipinski definition) is 10. The van der Waals surface area contributed by atoms with Crippen LogP contribution in [0.25, 0.3) is 0 Å². The number of benzene rings is 2. The highest BCUT2D eigenvalue weighted by atomic mass is 19.2. The summed E-state index contributed by atoms with van der Waals surface area (Å²) in [4.78, 5) is 17.8.